The lowest BCUT2D eigenvalue weighted by atomic mass is 10.2. The topological polar surface area (TPSA) is 123 Å². The van der Waals surface area contributed by atoms with E-state index in [-0.39, 0.29) is 28.1 Å². The zero-order valence-electron chi connectivity index (χ0n) is 17.5. The molecule has 3 aromatic carbocycles. The van der Waals surface area contributed by atoms with Crippen molar-refractivity contribution in [3.8, 4) is 17.2 Å². The maximum atomic E-state index is 12.5. The molecule has 9 nitrogen and oxygen atoms in total. The molecular formula is C22H16Cl2N4O5S. The fourth-order valence-electron chi connectivity index (χ4n) is 2.87. The lowest BCUT2D eigenvalue weighted by Gasteiger charge is -2.09. The summed E-state index contributed by atoms with van der Waals surface area (Å²) in [5, 5.41) is 10.9. The summed E-state index contributed by atoms with van der Waals surface area (Å²) >= 11 is 12.1. The predicted molar refractivity (Wildman–Crippen MR) is 128 cm³/mol. The highest BCUT2D eigenvalue weighted by atomic mass is 35.5. The molecule has 0 saturated heterocycles. The molecule has 2 N–H and O–H groups in total. The quantitative estimate of drug-likeness (QED) is 0.348. The molecule has 0 unspecified atom stereocenters. The number of carbonyl (C=O) groups is 1. The first kappa shape index (κ1) is 23.6. The molecule has 1 amide bonds. The van der Waals surface area contributed by atoms with E-state index in [1.807, 2.05) is 0 Å². The SMILES string of the molecule is COc1ccc(S(=O)(=O)Nc2ccc(C(=O)Nc3nnc(-c4cc(Cl)ccc4Cl)o3)cc2)cc1. The van der Waals surface area contributed by atoms with Crippen LogP contribution in [-0.4, -0.2) is 31.6 Å². The van der Waals surface area contributed by atoms with Crippen LogP contribution in [0.5, 0.6) is 5.75 Å². The van der Waals surface area contributed by atoms with Gasteiger partial charge in [0, 0.05) is 16.3 Å². The smallest absolute Gasteiger partial charge is 0.322 e. The number of halogens is 2. The molecule has 4 aromatic rings. The molecule has 0 saturated carbocycles. The number of nitrogens with one attached hydrogen (secondary N) is 2. The molecule has 0 radical (unpaired) electrons. The molecular weight excluding hydrogens is 503 g/mol. The van der Waals surface area contributed by atoms with Crippen LogP contribution in [0.4, 0.5) is 11.7 Å². The van der Waals surface area contributed by atoms with Gasteiger partial charge in [-0.05, 0) is 66.7 Å². The Bertz CT molecular complexity index is 1440. The summed E-state index contributed by atoms with van der Waals surface area (Å²) in [5.41, 5.74) is 0.951. The van der Waals surface area contributed by atoms with Crippen molar-refractivity contribution in [3.05, 3.63) is 82.3 Å². The Balaban J connectivity index is 1.43. The van der Waals surface area contributed by atoms with Crippen LogP contribution in [0.25, 0.3) is 11.5 Å². The summed E-state index contributed by atoms with van der Waals surface area (Å²) in [6, 6.07) is 16.4. The molecule has 0 aliphatic heterocycles. The van der Waals surface area contributed by atoms with E-state index in [0.29, 0.717) is 21.4 Å². The second kappa shape index (κ2) is 9.72. The molecule has 0 spiro atoms. The fraction of sp³-hybridized carbons (Fsp3) is 0.0455. The Morgan fingerprint density at radius 1 is 0.971 bits per heavy atom. The Morgan fingerprint density at radius 3 is 2.35 bits per heavy atom. The average Bonchev–Trinajstić information content (AvgIpc) is 3.29. The number of aromatic nitrogens is 2. The molecule has 1 aromatic heterocycles. The number of amides is 1. The number of sulfonamides is 1. The largest absolute Gasteiger partial charge is 0.497 e. The number of benzene rings is 3. The van der Waals surface area contributed by atoms with Crippen molar-refractivity contribution in [1.29, 1.82) is 0 Å². The molecule has 0 bridgehead atoms. The number of ether oxygens (including phenoxy) is 1. The fourth-order valence-corrected chi connectivity index (χ4v) is 4.30. The van der Waals surface area contributed by atoms with E-state index < -0.39 is 15.9 Å². The highest BCUT2D eigenvalue weighted by Gasteiger charge is 2.17. The van der Waals surface area contributed by atoms with Crippen molar-refractivity contribution >= 4 is 50.8 Å². The van der Waals surface area contributed by atoms with Crippen LogP contribution in [0.3, 0.4) is 0 Å². The highest BCUT2D eigenvalue weighted by Crippen LogP contribution is 2.30. The van der Waals surface area contributed by atoms with Gasteiger partial charge in [-0.3, -0.25) is 14.8 Å². The van der Waals surface area contributed by atoms with Crippen LogP contribution in [0.15, 0.2) is 76.0 Å². The number of nitrogens with zero attached hydrogens (tertiary/aromatic N) is 2. The Hall–Kier alpha value is -3.60. The van der Waals surface area contributed by atoms with Crippen molar-refractivity contribution in [3.63, 3.8) is 0 Å². The van der Waals surface area contributed by atoms with E-state index in [2.05, 4.69) is 20.2 Å². The van der Waals surface area contributed by atoms with Crippen molar-refractivity contribution in [2.45, 2.75) is 4.90 Å². The van der Waals surface area contributed by atoms with E-state index in [1.165, 1.54) is 43.5 Å². The first-order chi connectivity index (χ1) is 16.2. The minimum atomic E-state index is -3.81. The van der Waals surface area contributed by atoms with E-state index >= 15 is 0 Å². The molecule has 0 fully saturated rings. The lowest BCUT2D eigenvalue weighted by molar-refractivity contribution is 0.102. The third-order valence-corrected chi connectivity index (χ3v) is 6.54. The summed E-state index contributed by atoms with van der Waals surface area (Å²) < 4.78 is 38.0. The third-order valence-electron chi connectivity index (χ3n) is 4.57. The maximum Gasteiger partial charge on any atom is 0.322 e. The second-order valence-electron chi connectivity index (χ2n) is 6.85. The Labute approximate surface area is 204 Å². The zero-order chi connectivity index (χ0) is 24.3. The van der Waals surface area contributed by atoms with Crippen LogP contribution >= 0.6 is 23.2 Å². The number of methoxy groups -OCH3 is 1. The minimum Gasteiger partial charge on any atom is -0.497 e. The summed E-state index contributed by atoms with van der Waals surface area (Å²) in [6.45, 7) is 0. The van der Waals surface area contributed by atoms with Gasteiger partial charge in [-0.25, -0.2) is 8.42 Å². The number of carbonyl (C=O) groups excluding carboxylic acids is 1. The van der Waals surface area contributed by atoms with Gasteiger partial charge in [-0.15, -0.1) is 5.10 Å². The van der Waals surface area contributed by atoms with E-state index in [1.54, 1.807) is 30.3 Å². The van der Waals surface area contributed by atoms with Crippen molar-refractivity contribution in [2.24, 2.45) is 0 Å². The average molecular weight is 519 g/mol. The van der Waals surface area contributed by atoms with Crippen LogP contribution in [0.1, 0.15) is 10.4 Å². The first-order valence-corrected chi connectivity index (χ1v) is 11.9. The Morgan fingerprint density at radius 2 is 1.68 bits per heavy atom. The van der Waals surface area contributed by atoms with Gasteiger partial charge >= 0.3 is 6.01 Å². The van der Waals surface area contributed by atoms with Gasteiger partial charge in [-0.2, -0.15) is 0 Å². The van der Waals surface area contributed by atoms with Gasteiger partial charge in [0.25, 0.3) is 21.8 Å². The van der Waals surface area contributed by atoms with Crippen molar-refractivity contribution in [1.82, 2.24) is 10.2 Å². The van der Waals surface area contributed by atoms with Crippen LogP contribution in [0.2, 0.25) is 10.0 Å². The zero-order valence-corrected chi connectivity index (χ0v) is 19.8. The van der Waals surface area contributed by atoms with Crippen molar-refractivity contribution < 1.29 is 22.4 Å². The minimum absolute atomic E-state index is 0.0714. The maximum absolute atomic E-state index is 12.5. The number of anilines is 2. The summed E-state index contributed by atoms with van der Waals surface area (Å²) in [5.74, 6) is 0.0985. The monoisotopic (exact) mass is 518 g/mol. The first-order valence-electron chi connectivity index (χ1n) is 9.62. The van der Waals surface area contributed by atoms with E-state index in [9.17, 15) is 13.2 Å². The standard InChI is InChI=1S/C22H16Cl2N4O5S/c1-32-16-7-9-17(10-8-16)34(30,31)28-15-5-2-13(3-6-15)20(29)25-22-27-26-21(33-22)18-12-14(23)4-11-19(18)24/h2-12,28H,1H3,(H,25,27,29). The van der Waals surface area contributed by atoms with Gasteiger partial charge in [-0.1, -0.05) is 28.3 Å². The van der Waals surface area contributed by atoms with E-state index in [4.69, 9.17) is 32.4 Å². The van der Waals surface area contributed by atoms with Crippen LogP contribution < -0.4 is 14.8 Å². The number of rotatable bonds is 7. The van der Waals surface area contributed by atoms with Crippen LogP contribution in [0, 0.1) is 0 Å². The van der Waals surface area contributed by atoms with E-state index in [0.717, 1.165) is 0 Å². The van der Waals surface area contributed by atoms with Gasteiger partial charge in [0.05, 0.1) is 22.6 Å². The number of hydrogen-bond acceptors (Lipinski definition) is 7. The molecule has 0 aliphatic rings. The normalized spacial score (nSPS) is 11.1. The predicted octanol–water partition coefficient (Wildman–Crippen LogP) is 5.11. The summed E-state index contributed by atoms with van der Waals surface area (Å²) in [6.07, 6.45) is 0. The molecule has 0 atom stereocenters. The second-order valence-corrected chi connectivity index (χ2v) is 9.38. The molecule has 1 heterocycles. The Kier molecular flexibility index (Phi) is 6.73. The molecule has 174 valence electrons. The number of hydrogen-bond donors (Lipinski definition) is 2. The van der Waals surface area contributed by atoms with Gasteiger partial charge < -0.3 is 9.15 Å². The molecule has 34 heavy (non-hydrogen) atoms. The van der Waals surface area contributed by atoms with Crippen LogP contribution in [-0.2, 0) is 10.0 Å². The summed E-state index contributed by atoms with van der Waals surface area (Å²) in [4.78, 5) is 12.6. The van der Waals surface area contributed by atoms with Gasteiger partial charge in [0.15, 0.2) is 0 Å². The summed E-state index contributed by atoms with van der Waals surface area (Å²) in [7, 11) is -2.32. The molecule has 4 rings (SSSR count). The van der Waals surface area contributed by atoms with Crippen molar-refractivity contribution in [2.75, 3.05) is 17.1 Å². The third kappa shape index (κ3) is 5.30. The lowest BCUT2D eigenvalue weighted by Crippen LogP contribution is -2.14. The van der Waals surface area contributed by atoms with Gasteiger partial charge in [0.1, 0.15) is 5.75 Å². The highest BCUT2D eigenvalue weighted by molar-refractivity contribution is 7.92. The molecule has 0 aliphatic carbocycles. The molecule has 12 heteroatoms. The van der Waals surface area contributed by atoms with Gasteiger partial charge in [0.2, 0.25) is 0 Å².